The minimum absolute atomic E-state index is 0.00505. The van der Waals surface area contributed by atoms with E-state index >= 15 is 0 Å². The minimum Gasteiger partial charge on any atom is -0.511 e. The highest BCUT2D eigenvalue weighted by Crippen LogP contribution is 2.52. The third-order valence-electron chi connectivity index (χ3n) is 7.56. The van der Waals surface area contributed by atoms with E-state index in [4.69, 9.17) is 10.5 Å². The summed E-state index contributed by atoms with van der Waals surface area (Å²) in [5, 5.41) is 43.5. The molecule has 2 aromatic rings. The molecule has 0 aliphatic heterocycles. The largest absolute Gasteiger partial charge is 0.511 e. The fourth-order valence-corrected chi connectivity index (χ4v) is 5.93. The van der Waals surface area contributed by atoms with Gasteiger partial charge in [0.15, 0.2) is 11.4 Å². The van der Waals surface area contributed by atoms with Gasteiger partial charge in [-0.2, -0.15) is 0 Å². The summed E-state index contributed by atoms with van der Waals surface area (Å²) in [5.41, 5.74) is 1.92. The molecule has 11 nitrogen and oxygen atoms in total. The number of nitrogens with zero attached hydrogens (tertiary/aromatic N) is 1. The molecule has 3 atom stereocenters. The molecule has 39 heavy (non-hydrogen) atoms. The monoisotopic (exact) mass is 536 g/mol. The quantitative estimate of drug-likeness (QED) is 0.359. The Morgan fingerprint density at radius 2 is 1.79 bits per heavy atom. The molecule has 0 spiro atoms. The highest BCUT2D eigenvalue weighted by molar-refractivity contribution is 6.24. The summed E-state index contributed by atoms with van der Waals surface area (Å²) in [7, 11) is 0. The van der Waals surface area contributed by atoms with Crippen molar-refractivity contribution in [2.24, 2.45) is 17.6 Å². The van der Waals surface area contributed by atoms with E-state index in [1.54, 1.807) is 39.0 Å². The van der Waals surface area contributed by atoms with Crippen molar-refractivity contribution < 1.29 is 44.3 Å². The Bertz CT molecular complexity index is 1540. The number of hydrogen-bond donors (Lipinski definition) is 5. The average molecular weight is 537 g/mol. The van der Waals surface area contributed by atoms with Gasteiger partial charge in [0, 0.05) is 29.7 Å². The van der Waals surface area contributed by atoms with E-state index in [1.165, 1.54) is 16.8 Å². The number of benzene rings is 1. The number of allylic oxidation sites excluding steroid dienone is 2. The van der Waals surface area contributed by atoms with Crippen LogP contribution in [-0.4, -0.2) is 59.8 Å². The van der Waals surface area contributed by atoms with E-state index in [2.05, 4.69) is 0 Å². The number of ketones is 2. The van der Waals surface area contributed by atoms with Crippen molar-refractivity contribution in [2.45, 2.75) is 51.2 Å². The standard InChI is InChI=1S/C28H28N2O9/c1-27(2,3)39-26(37)30-8-4-5-16(30)14-6-7-17(31)20-15(14)10-12-9-13-11-18(32)21(25(29)36)24(35)28(13,38)23(34)19(12)22(20)33/h4-8,12-13,31-32,34,38H,9-11H2,1-3H3,(H2,29,36)/t12-,13+,28+/m1/s1. The number of fused-ring (bicyclic) bond motifs is 3. The highest BCUT2D eigenvalue weighted by atomic mass is 16.6. The molecule has 5 rings (SSSR count). The van der Waals surface area contributed by atoms with Crippen molar-refractivity contribution in [1.29, 1.82) is 0 Å². The van der Waals surface area contributed by atoms with Gasteiger partial charge < -0.3 is 30.9 Å². The van der Waals surface area contributed by atoms with E-state index in [0.717, 1.165) is 0 Å². The Labute approximate surface area is 222 Å². The molecule has 0 saturated carbocycles. The lowest BCUT2D eigenvalue weighted by Gasteiger charge is -2.45. The van der Waals surface area contributed by atoms with Gasteiger partial charge in [-0.1, -0.05) is 0 Å². The first-order chi connectivity index (χ1) is 18.2. The molecule has 0 radical (unpaired) electrons. The predicted molar refractivity (Wildman–Crippen MR) is 136 cm³/mol. The van der Waals surface area contributed by atoms with Crippen LogP contribution in [0.25, 0.3) is 11.3 Å². The topological polar surface area (TPSA) is 189 Å². The number of primary amides is 1. The average Bonchev–Trinajstić information content (AvgIpc) is 3.30. The second-order valence-electron chi connectivity index (χ2n) is 11.1. The first-order valence-corrected chi connectivity index (χ1v) is 12.4. The van der Waals surface area contributed by atoms with E-state index in [-0.39, 0.29) is 36.1 Å². The number of amides is 1. The van der Waals surface area contributed by atoms with Gasteiger partial charge >= 0.3 is 6.09 Å². The molecule has 0 bridgehead atoms. The lowest BCUT2D eigenvalue weighted by Crippen LogP contribution is -2.57. The van der Waals surface area contributed by atoms with E-state index in [0.29, 0.717) is 16.8 Å². The van der Waals surface area contributed by atoms with Crippen LogP contribution in [0.1, 0.15) is 49.5 Å². The molecule has 0 saturated heterocycles. The molecule has 3 aliphatic rings. The van der Waals surface area contributed by atoms with Crippen LogP contribution in [-0.2, 0) is 20.7 Å². The summed E-state index contributed by atoms with van der Waals surface area (Å²) in [4.78, 5) is 51.5. The van der Waals surface area contributed by atoms with Crippen LogP contribution >= 0.6 is 0 Å². The molecular weight excluding hydrogens is 508 g/mol. The summed E-state index contributed by atoms with van der Waals surface area (Å²) in [6.45, 7) is 5.19. The number of phenols is 1. The van der Waals surface area contributed by atoms with Crippen molar-refractivity contribution in [3.8, 4) is 17.0 Å². The maximum absolute atomic E-state index is 13.8. The molecule has 1 aromatic heterocycles. The van der Waals surface area contributed by atoms with Gasteiger partial charge in [-0.05, 0) is 69.4 Å². The maximum atomic E-state index is 13.8. The smallest absolute Gasteiger partial charge is 0.418 e. The molecular formula is C28H28N2O9. The Kier molecular flexibility index (Phi) is 5.76. The maximum Gasteiger partial charge on any atom is 0.418 e. The number of rotatable bonds is 2. The molecule has 1 aromatic carbocycles. The number of phenolic OH excluding ortho intramolecular Hbond substituents is 1. The van der Waals surface area contributed by atoms with Crippen molar-refractivity contribution in [3.05, 3.63) is 64.3 Å². The predicted octanol–water partition coefficient (Wildman–Crippen LogP) is 2.83. The Balaban J connectivity index is 1.64. The van der Waals surface area contributed by atoms with Gasteiger partial charge in [0.2, 0.25) is 5.78 Å². The van der Waals surface area contributed by atoms with E-state index in [9.17, 15) is 39.6 Å². The summed E-state index contributed by atoms with van der Waals surface area (Å²) in [6.07, 6.45) is 0.678. The molecule has 1 heterocycles. The van der Waals surface area contributed by atoms with Gasteiger partial charge in [0.1, 0.15) is 28.4 Å². The lowest BCUT2D eigenvalue weighted by atomic mass is 9.60. The highest BCUT2D eigenvalue weighted by Gasteiger charge is 2.59. The van der Waals surface area contributed by atoms with Crippen molar-refractivity contribution in [3.63, 3.8) is 0 Å². The number of aromatic hydroxyl groups is 1. The summed E-state index contributed by atoms with van der Waals surface area (Å²) in [5.74, 6) is -6.97. The number of aliphatic hydroxyl groups excluding tert-OH is 2. The van der Waals surface area contributed by atoms with E-state index < -0.39 is 63.7 Å². The van der Waals surface area contributed by atoms with Gasteiger partial charge in [-0.3, -0.25) is 19.0 Å². The third-order valence-corrected chi connectivity index (χ3v) is 7.56. The number of aromatic nitrogens is 1. The van der Waals surface area contributed by atoms with Crippen LogP contribution in [0.15, 0.2) is 53.1 Å². The zero-order chi connectivity index (χ0) is 28.6. The zero-order valence-corrected chi connectivity index (χ0v) is 21.5. The summed E-state index contributed by atoms with van der Waals surface area (Å²) in [6, 6.07) is 6.16. The summed E-state index contributed by atoms with van der Waals surface area (Å²) < 4.78 is 6.79. The number of ether oxygens (including phenoxy) is 1. The fraction of sp³-hybridized carbons (Fsp3) is 0.357. The molecule has 204 valence electrons. The van der Waals surface area contributed by atoms with E-state index in [1.807, 2.05) is 0 Å². The van der Waals surface area contributed by atoms with Crippen molar-refractivity contribution >= 4 is 23.6 Å². The van der Waals surface area contributed by atoms with Crippen LogP contribution < -0.4 is 5.73 Å². The van der Waals surface area contributed by atoms with Crippen molar-refractivity contribution in [2.75, 3.05) is 0 Å². The lowest BCUT2D eigenvalue weighted by molar-refractivity contribution is -0.144. The first kappa shape index (κ1) is 26.2. The third kappa shape index (κ3) is 3.84. The molecule has 0 unspecified atom stereocenters. The number of Topliss-reactive ketones (excluding diaryl/α,β-unsaturated/α-hetero) is 2. The number of carbonyl (C=O) groups excluding carboxylic acids is 4. The number of nitrogens with two attached hydrogens (primary N) is 1. The molecule has 0 fully saturated rings. The number of aliphatic hydroxyl groups is 3. The van der Waals surface area contributed by atoms with Gasteiger partial charge in [-0.25, -0.2) is 4.79 Å². The minimum atomic E-state index is -2.63. The number of carbonyl (C=O) groups is 4. The second kappa shape index (κ2) is 8.57. The fourth-order valence-electron chi connectivity index (χ4n) is 5.93. The second-order valence-corrected chi connectivity index (χ2v) is 11.1. The van der Waals surface area contributed by atoms with Crippen LogP contribution in [0.3, 0.4) is 0 Å². The van der Waals surface area contributed by atoms with Crippen LogP contribution in [0.5, 0.6) is 5.75 Å². The Morgan fingerprint density at radius 3 is 2.44 bits per heavy atom. The molecule has 11 heteroatoms. The summed E-state index contributed by atoms with van der Waals surface area (Å²) >= 11 is 0. The van der Waals surface area contributed by atoms with Crippen LogP contribution in [0.4, 0.5) is 4.79 Å². The van der Waals surface area contributed by atoms with Crippen LogP contribution in [0.2, 0.25) is 0 Å². The van der Waals surface area contributed by atoms with Crippen molar-refractivity contribution in [1.82, 2.24) is 4.57 Å². The SMILES string of the molecule is CC(C)(C)OC(=O)n1cccc1-c1ccc(O)c2c1C[C@H]1C[C@H]3CC(O)=C(C(N)=O)C(=O)[C@@]3(O)C(O)=C1C2=O. The molecule has 3 aliphatic carbocycles. The van der Waals surface area contributed by atoms with Gasteiger partial charge in [0.25, 0.3) is 5.91 Å². The normalized spacial score (nSPS) is 24.7. The van der Waals surface area contributed by atoms with Gasteiger partial charge in [-0.15, -0.1) is 0 Å². The number of hydrogen-bond acceptors (Lipinski definition) is 9. The molecule has 6 N–H and O–H groups in total. The Morgan fingerprint density at radius 1 is 1.10 bits per heavy atom. The Hall–Kier alpha value is -4.38. The zero-order valence-electron chi connectivity index (χ0n) is 21.5. The molecule has 1 amide bonds. The first-order valence-electron chi connectivity index (χ1n) is 12.4. The van der Waals surface area contributed by atoms with Gasteiger partial charge in [0.05, 0.1) is 11.3 Å². The van der Waals surface area contributed by atoms with Crippen LogP contribution in [0, 0.1) is 11.8 Å².